The molecule has 8 aromatic carbocycles. The topological polar surface area (TPSA) is 8.17 Å². The minimum absolute atomic E-state index is 0.103. The Morgan fingerprint density at radius 1 is 0.411 bits per heavy atom. The Morgan fingerprint density at radius 3 is 1.80 bits per heavy atom. The van der Waals surface area contributed by atoms with E-state index in [0.717, 1.165) is 5.69 Å². The fraction of sp³-hybridized carbons (Fsp3) is 0.111. The molecule has 56 heavy (non-hydrogen) atoms. The molecule has 0 atom stereocenters. The van der Waals surface area contributed by atoms with Crippen molar-refractivity contribution >= 4 is 38.9 Å². The second-order valence-corrected chi connectivity index (χ2v) is 16.5. The lowest BCUT2D eigenvalue weighted by atomic mass is 9.81. The Hall–Kier alpha value is -6.64. The molecule has 2 aliphatic carbocycles. The van der Waals surface area contributed by atoms with Gasteiger partial charge in [-0.2, -0.15) is 0 Å². The van der Waals surface area contributed by atoms with Gasteiger partial charge < -0.3 is 9.47 Å². The number of para-hydroxylation sites is 2. The molecule has 2 nitrogen and oxygen atoms in total. The van der Waals surface area contributed by atoms with Crippen molar-refractivity contribution in [3.63, 3.8) is 0 Å². The van der Waals surface area contributed by atoms with Crippen molar-refractivity contribution in [2.75, 3.05) is 4.90 Å². The molecule has 0 saturated heterocycles. The predicted octanol–water partition coefficient (Wildman–Crippen LogP) is 14.5. The van der Waals surface area contributed by atoms with E-state index in [9.17, 15) is 0 Å². The Kier molecular flexibility index (Phi) is 6.98. The van der Waals surface area contributed by atoms with Gasteiger partial charge in [-0.25, -0.2) is 0 Å². The summed E-state index contributed by atoms with van der Waals surface area (Å²) in [5, 5.41) is 2.52. The van der Waals surface area contributed by atoms with Crippen LogP contribution in [0.2, 0.25) is 0 Å². The number of nitrogens with zero attached hydrogens (tertiary/aromatic N) is 2. The van der Waals surface area contributed by atoms with Crippen LogP contribution in [0.4, 0.5) is 17.1 Å². The highest BCUT2D eigenvalue weighted by Gasteiger charge is 2.41. The van der Waals surface area contributed by atoms with E-state index in [-0.39, 0.29) is 10.8 Å². The lowest BCUT2D eigenvalue weighted by Gasteiger charge is -2.33. The van der Waals surface area contributed by atoms with Gasteiger partial charge in [0.15, 0.2) is 0 Å². The third kappa shape index (κ3) is 4.56. The molecule has 0 unspecified atom stereocenters. The third-order valence-corrected chi connectivity index (χ3v) is 12.8. The van der Waals surface area contributed by atoms with E-state index in [1.165, 1.54) is 94.5 Å². The average Bonchev–Trinajstić information content (AvgIpc) is 3.79. The Bertz CT molecular complexity index is 3020. The first kappa shape index (κ1) is 32.8. The zero-order valence-electron chi connectivity index (χ0n) is 32.2. The molecule has 1 aromatic heterocycles. The molecule has 0 spiro atoms. The standard InChI is InChI=1S/C54H42N2/c1-53(2)45-23-12-9-20-42(45)51-46(53)24-15-26-49(51)56(50-27-14-21-41-39-18-8-11-22-44(39)54(3,4)52(41)50)38-31-28-35(29-32-38)36-30-33-48-43(34-36)40-19-10-13-25-47(40)55(48)37-16-6-5-7-17-37/h5-34H,1-4H3. The number of anilines is 3. The highest BCUT2D eigenvalue weighted by molar-refractivity contribution is 6.10. The minimum Gasteiger partial charge on any atom is -0.310 e. The Morgan fingerprint density at radius 2 is 1.00 bits per heavy atom. The third-order valence-electron chi connectivity index (χ3n) is 12.8. The van der Waals surface area contributed by atoms with Crippen molar-refractivity contribution in [3.8, 4) is 39.1 Å². The van der Waals surface area contributed by atoms with E-state index in [0.29, 0.717) is 0 Å². The fourth-order valence-corrected chi connectivity index (χ4v) is 10.1. The summed E-state index contributed by atoms with van der Waals surface area (Å²) in [6.07, 6.45) is 0. The van der Waals surface area contributed by atoms with Crippen LogP contribution in [0.15, 0.2) is 182 Å². The molecule has 11 rings (SSSR count). The first-order valence-electron chi connectivity index (χ1n) is 19.8. The summed E-state index contributed by atoms with van der Waals surface area (Å²) in [5.41, 5.74) is 20.1. The van der Waals surface area contributed by atoms with Crippen LogP contribution in [0.3, 0.4) is 0 Å². The maximum atomic E-state index is 2.55. The van der Waals surface area contributed by atoms with Gasteiger partial charge in [-0.05, 0) is 105 Å². The summed E-state index contributed by atoms with van der Waals surface area (Å²) >= 11 is 0. The molecule has 0 fully saturated rings. The molecule has 268 valence electrons. The van der Waals surface area contributed by atoms with Gasteiger partial charge in [0.05, 0.1) is 22.4 Å². The molecule has 9 aromatic rings. The van der Waals surface area contributed by atoms with Gasteiger partial charge in [-0.15, -0.1) is 0 Å². The van der Waals surface area contributed by atoms with Gasteiger partial charge in [0, 0.05) is 38.5 Å². The summed E-state index contributed by atoms with van der Waals surface area (Å²) in [6, 6.07) is 67.4. The minimum atomic E-state index is -0.176. The number of hydrogen-bond donors (Lipinski definition) is 0. The van der Waals surface area contributed by atoms with Crippen molar-refractivity contribution in [2.24, 2.45) is 0 Å². The van der Waals surface area contributed by atoms with Crippen LogP contribution in [-0.4, -0.2) is 4.57 Å². The van der Waals surface area contributed by atoms with E-state index in [2.05, 4.69) is 219 Å². The number of fused-ring (bicyclic) bond motifs is 9. The quantitative estimate of drug-likeness (QED) is 0.172. The predicted molar refractivity (Wildman–Crippen MR) is 236 cm³/mol. The largest absolute Gasteiger partial charge is 0.310 e. The van der Waals surface area contributed by atoms with E-state index < -0.39 is 0 Å². The van der Waals surface area contributed by atoms with Crippen LogP contribution in [0.25, 0.3) is 60.9 Å². The first-order chi connectivity index (χ1) is 27.3. The second-order valence-electron chi connectivity index (χ2n) is 16.5. The average molecular weight is 719 g/mol. The van der Waals surface area contributed by atoms with Crippen molar-refractivity contribution in [2.45, 2.75) is 38.5 Å². The summed E-state index contributed by atoms with van der Waals surface area (Å²) in [4.78, 5) is 2.55. The van der Waals surface area contributed by atoms with Crippen LogP contribution in [0.1, 0.15) is 49.9 Å². The SMILES string of the molecule is CC1(C)c2ccccc2-c2c(N(c3ccc(-c4ccc5c(c4)c4ccccc4n5-c4ccccc4)cc3)c3cccc4c3C(C)(C)c3ccccc3-4)cccc21. The fourth-order valence-electron chi connectivity index (χ4n) is 10.1. The van der Waals surface area contributed by atoms with E-state index in [1.807, 2.05) is 0 Å². The molecule has 0 N–H and O–H groups in total. The normalized spacial score (nSPS) is 14.4. The van der Waals surface area contributed by atoms with Gasteiger partial charge in [0.1, 0.15) is 0 Å². The molecule has 2 aliphatic rings. The van der Waals surface area contributed by atoms with Crippen LogP contribution < -0.4 is 4.90 Å². The number of benzene rings is 8. The van der Waals surface area contributed by atoms with Gasteiger partial charge >= 0.3 is 0 Å². The summed E-state index contributed by atoms with van der Waals surface area (Å²) in [5.74, 6) is 0. The van der Waals surface area contributed by atoms with Gasteiger partial charge in [0.25, 0.3) is 0 Å². The summed E-state index contributed by atoms with van der Waals surface area (Å²) < 4.78 is 2.38. The van der Waals surface area contributed by atoms with Crippen LogP contribution in [0.5, 0.6) is 0 Å². The molecule has 0 aliphatic heterocycles. The highest BCUT2D eigenvalue weighted by Crippen LogP contribution is 2.58. The van der Waals surface area contributed by atoms with Crippen molar-refractivity contribution < 1.29 is 0 Å². The van der Waals surface area contributed by atoms with Gasteiger partial charge in [-0.3, -0.25) is 0 Å². The molecule has 0 saturated carbocycles. The van der Waals surface area contributed by atoms with Gasteiger partial charge in [0.2, 0.25) is 0 Å². The zero-order chi connectivity index (χ0) is 37.8. The molecular formula is C54H42N2. The molecule has 1 heterocycles. The maximum absolute atomic E-state index is 2.55. The summed E-state index contributed by atoms with van der Waals surface area (Å²) in [7, 11) is 0. The van der Waals surface area contributed by atoms with Crippen molar-refractivity contribution in [3.05, 3.63) is 204 Å². The molecule has 0 bridgehead atoms. The van der Waals surface area contributed by atoms with Crippen molar-refractivity contribution in [1.29, 1.82) is 0 Å². The summed E-state index contributed by atoms with van der Waals surface area (Å²) in [6.45, 7) is 9.52. The maximum Gasteiger partial charge on any atom is 0.0543 e. The van der Waals surface area contributed by atoms with Crippen LogP contribution in [0, 0.1) is 0 Å². The second kappa shape index (κ2) is 11.9. The molecule has 0 amide bonds. The van der Waals surface area contributed by atoms with E-state index in [4.69, 9.17) is 0 Å². The number of aromatic nitrogens is 1. The molecule has 2 heteroatoms. The first-order valence-corrected chi connectivity index (χ1v) is 19.8. The van der Waals surface area contributed by atoms with E-state index in [1.54, 1.807) is 0 Å². The van der Waals surface area contributed by atoms with Crippen LogP contribution in [-0.2, 0) is 10.8 Å². The Labute approximate surface area is 328 Å². The highest BCUT2D eigenvalue weighted by atomic mass is 15.1. The van der Waals surface area contributed by atoms with Crippen molar-refractivity contribution in [1.82, 2.24) is 4.57 Å². The Balaban J connectivity index is 1.10. The lowest BCUT2D eigenvalue weighted by molar-refractivity contribution is 0.659. The van der Waals surface area contributed by atoms with Gasteiger partial charge in [-0.1, -0.05) is 155 Å². The zero-order valence-corrected chi connectivity index (χ0v) is 32.2. The van der Waals surface area contributed by atoms with E-state index >= 15 is 0 Å². The molecule has 0 radical (unpaired) electrons. The van der Waals surface area contributed by atoms with Crippen LogP contribution >= 0.6 is 0 Å². The molecular weight excluding hydrogens is 677 g/mol. The number of hydrogen-bond acceptors (Lipinski definition) is 1. The lowest BCUT2D eigenvalue weighted by Crippen LogP contribution is -2.21. The smallest absolute Gasteiger partial charge is 0.0543 e. The monoisotopic (exact) mass is 718 g/mol. The number of rotatable bonds is 5.